The van der Waals surface area contributed by atoms with E-state index in [1.165, 1.54) is 19.2 Å². The first-order valence-corrected chi connectivity index (χ1v) is 6.29. The summed E-state index contributed by atoms with van der Waals surface area (Å²) in [6.07, 6.45) is 0. The average Bonchev–Trinajstić information content (AvgIpc) is 2.47. The normalized spacial score (nSPS) is 12.9. The third-order valence-electron chi connectivity index (χ3n) is 3.64. The fourth-order valence-corrected chi connectivity index (χ4v) is 2.62. The van der Waals surface area contributed by atoms with Gasteiger partial charge in [-0.2, -0.15) is 0 Å². The lowest BCUT2D eigenvalue weighted by molar-refractivity contribution is 0.0971. The second kappa shape index (κ2) is 4.34. The number of phenols is 2. The van der Waals surface area contributed by atoms with Crippen LogP contribution in [0.1, 0.15) is 37.4 Å². The number of benzene rings is 2. The van der Waals surface area contributed by atoms with Gasteiger partial charge in [0, 0.05) is 5.56 Å². The summed E-state index contributed by atoms with van der Waals surface area (Å²) in [5.41, 5.74) is 0.264. The van der Waals surface area contributed by atoms with Gasteiger partial charge in [0.2, 0.25) is 5.78 Å². The van der Waals surface area contributed by atoms with E-state index in [-0.39, 0.29) is 39.5 Å². The van der Waals surface area contributed by atoms with Crippen LogP contribution in [-0.2, 0) is 0 Å². The zero-order valence-corrected chi connectivity index (χ0v) is 11.4. The molecular weight excluding hydrogens is 272 g/mol. The Labute approximate surface area is 120 Å². The molecule has 0 aromatic heterocycles. The summed E-state index contributed by atoms with van der Waals surface area (Å²) in [5, 5.41) is 20.1. The van der Waals surface area contributed by atoms with Crippen molar-refractivity contribution in [3.8, 4) is 17.2 Å². The lowest BCUT2D eigenvalue weighted by Crippen LogP contribution is -2.22. The maximum absolute atomic E-state index is 12.6. The number of ether oxygens (including phenoxy) is 1. The van der Waals surface area contributed by atoms with Gasteiger partial charge in [-0.15, -0.1) is 0 Å². The van der Waals surface area contributed by atoms with Gasteiger partial charge in [0.25, 0.3) is 0 Å². The number of ketones is 2. The smallest absolute Gasteiger partial charge is 0.202 e. The highest BCUT2D eigenvalue weighted by atomic mass is 16.5. The van der Waals surface area contributed by atoms with E-state index in [0.29, 0.717) is 5.56 Å². The minimum Gasteiger partial charge on any atom is -0.507 e. The maximum atomic E-state index is 12.6. The van der Waals surface area contributed by atoms with Crippen molar-refractivity contribution in [1.82, 2.24) is 0 Å². The van der Waals surface area contributed by atoms with E-state index in [1.54, 1.807) is 19.1 Å². The number of methoxy groups -OCH3 is 1. The van der Waals surface area contributed by atoms with Gasteiger partial charge in [0.05, 0.1) is 23.8 Å². The average molecular weight is 284 g/mol. The number of rotatable bonds is 1. The summed E-state index contributed by atoms with van der Waals surface area (Å²) < 4.78 is 5.12. The number of aromatic hydroxyl groups is 2. The molecule has 0 spiro atoms. The van der Waals surface area contributed by atoms with Crippen LogP contribution in [0.3, 0.4) is 0 Å². The minimum atomic E-state index is -0.537. The Morgan fingerprint density at radius 3 is 2.38 bits per heavy atom. The molecule has 1 aliphatic carbocycles. The molecule has 0 saturated carbocycles. The number of hydrogen-bond donors (Lipinski definition) is 2. The predicted molar refractivity (Wildman–Crippen MR) is 74.4 cm³/mol. The van der Waals surface area contributed by atoms with Crippen molar-refractivity contribution in [3.05, 3.63) is 52.1 Å². The van der Waals surface area contributed by atoms with Gasteiger partial charge in [-0.05, 0) is 24.6 Å². The van der Waals surface area contributed by atoms with Gasteiger partial charge < -0.3 is 14.9 Å². The van der Waals surface area contributed by atoms with Crippen molar-refractivity contribution >= 4 is 11.6 Å². The number of phenolic OH excluding ortho intramolecular Hbond substituents is 2. The molecule has 0 unspecified atom stereocenters. The second-order valence-electron chi connectivity index (χ2n) is 4.85. The van der Waals surface area contributed by atoms with Gasteiger partial charge in [0.1, 0.15) is 17.2 Å². The molecule has 2 aromatic carbocycles. The summed E-state index contributed by atoms with van der Waals surface area (Å²) in [4.78, 5) is 25.2. The van der Waals surface area contributed by atoms with Crippen molar-refractivity contribution in [2.45, 2.75) is 6.92 Å². The van der Waals surface area contributed by atoms with Crippen molar-refractivity contribution in [2.24, 2.45) is 0 Å². The SMILES string of the molecule is COc1cccc2c1C(=O)c1c(O)cc(C)c(O)c1C2=O. The molecule has 21 heavy (non-hydrogen) atoms. The van der Waals surface area contributed by atoms with E-state index in [1.807, 2.05) is 0 Å². The minimum absolute atomic E-state index is 0.107. The van der Waals surface area contributed by atoms with E-state index in [4.69, 9.17) is 4.74 Å². The highest BCUT2D eigenvalue weighted by Crippen LogP contribution is 2.41. The molecule has 1 aliphatic rings. The summed E-state index contributed by atoms with van der Waals surface area (Å²) in [7, 11) is 1.40. The Bertz CT molecular complexity index is 805. The molecule has 0 radical (unpaired) electrons. The summed E-state index contributed by atoms with van der Waals surface area (Å²) in [5.74, 6) is -1.39. The molecule has 0 bridgehead atoms. The fraction of sp³-hybridized carbons (Fsp3) is 0.125. The molecule has 2 N–H and O–H groups in total. The van der Waals surface area contributed by atoms with Crippen molar-refractivity contribution in [2.75, 3.05) is 7.11 Å². The fourth-order valence-electron chi connectivity index (χ4n) is 2.62. The van der Waals surface area contributed by atoms with Crippen LogP contribution in [0.15, 0.2) is 24.3 Å². The van der Waals surface area contributed by atoms with E-state index in [0.717, 1.165) is 0 Å². The van der Waals surface area contributed by atoms with Gasteiger partial charge in [0.15, 0.2) is 5.78 Å². The first-order chi connectivity index (χ1) is 9.97. The van der Waals surface area contributed by atoms with Crippen molar-refractivity contribution in [3.63, 3.8) is 0 Å². The number of aryl methyl sites for hydroxylation is 1. The highest BCUT2D eigenvalue weighted by Gasteiger charge is 2.37. The molecule has 5 nitrogen and oxygen atoms in total. The zero-order chi connectivity index (χ0) is 15.3. The molecule has 0 atom stereocenters. The van der Waals surface area contributed by atoms with Crippen LogP contribution in [0.5, 0.6) is 17.2 Å². The summed E-state index contributed by atoms with van der Waals surface area (Å²) in [6, 6.07) is 5.93. The lowest BCUT2D eigenvalue weighted by Gasteiger charge is -2.21. The standard InChI is InChI=1S/C16H12O5/c1-7-6-9(17)12-13(14(7)18)15(19)8-4-3-5-10(21-2)11(8)16(12)20/h3-6,17-18H,1-2H3. The molecule has 5 heteroatoms. The van der Waals surface area contributed by atoms with Gasteiger partial charge >= 0.3 is 0 Å². The number of hydrogen-bond acceptors (Lipinski definition) is 5. The predicted octanol–water partition coefficient (Wildman–Crippen LogP) is 2.19. The quantitative estimate of drug-likeness (QED) is 0.669. The molecule has 3 rings (SSSR count). The van der Waals surface area contributed by atoms with Crippen LogP contribution in [-0.4, -0.2) is 28.9 Å². The number of fused-ring (bicyclic) bond motifs is 2. The summed E-state index contributed by atoms with van der Waals surface area (Å²) >= 11 is 0. The van der Waals surface area contributed by atoms with E-state index < -0.39 is 11.6 Å². The Kier molecular flexibility index (Phi) is 2.73. The summed E-state index contributed by atoms with van der Waals surface area (Å²) in [6.45, 7) is 1.55. The van der Waals surface area contributed by atoms with Crippen LogP contribution in [0, 0.1) is 6.92 Å². The second-order valence-corrected chi connectivity index (χ2v) is 4.85. The number of carbonyl (C=O) groups excluding carboxylic acids is 2. The molecule has 2 aromatic rings. The van der Waals surface area contributed by atoms with Crippen LogP contribution < -0.4 is 4.74 Å². The zero-order valence-electron chi connectivity index (χ0n) is 11.4. The van der Waals surface area contributed by atoms with Crippen molar-refractivity contribution in [1.29, 1.82) is 0 Å². The molecule has 0 aliphatic heterocycles. The van der Waals surface area contributed by atoms with Crippen LogP contribution in [0.4, 0.5) is 0 Å². The van der Waals surface area contributed by atoms with Crippen molar-refractivity contribution < 1.29 is 24.5 Å². The Morgan fingerprint density at radius 1 is 1.00 bits per heavy atom. The molecule has 0 fully saturated rings. The largest absolute Gasteiger partial charge is 0.507 e. The molecule has 0 amide bonds. The van der Waals surface area contributed by atoms with Gasteiger partial charge in [-0.1, -0.05) is 12.1 Å². The first-order valence-electron chi connectivity index (χ1n) is 6.29. The highest BCUT2D eigenvalue weighted by molar-refractivity contribution is 6.31. The molecule has 106 valence electrons. The maximum Gasteiger partial charge on any atom is 0.202 e. The first kappa shape index (κ1) is 13.2. The van der Waals surface area contributed by atoms with E-state index in [9.17, 15) is 19.8 Å². The number of carbonyl (C=O) groups is 2. The molecule has 0 saturated heterocycles. The monoisotopic (exact) mass is 284 g/mol. The Balaban J connectivity index is 2.41. The van der Waals surface area contributed by atoms with Crippen LogP contribution >= 0.6 is 0 Å². The third-order valence-corrected chi connectivity index (χ3v) is 3.64. The lowest BCUT2D eigenvalue weighted by atomic mass is 9.81. The van der Waals surface area contributed by atoms with Gasteiger partial charge in [-0.3, -0.25) is 9.59 Å². The third kappa shape index (κ3) is 1.64. The Morgan fingerprint density at radius 2 is 1.71 bits per heavy atom. The van der Waals surface area contributed by atoms with Crippen LogP contribution in [0.2, 0.25) is 0 Å². The van der Waals surface area contributed by atoms with Crippen LogP contribution in [0.25, 0.3) is 0 Å². The topological polar surface area (TPSA) is 83.8 Å². The molecular formula is C16H12O5. The molecule has 0 heterocycles. The van der Waals surface area contributed by atoms with Gasteiger partial charge in [-0.25, -0.2) is 0 Å². The van der Waals surface area contributed by atoms with E-state index in [2.05, 4.69) is 0 Å². The Hall–Kier alpha value is -2.82. The van der Waals surface area contributed by atoms with E-state index >= 15 is 0 Å².